The highest BCUT2D eigenvalue weighted by Gasteiger charge is 2.47. The van der Waals surface area contributed by atoms with Gasteiger partial charge in [0.15, 0.2) is 0 Å². The summed E-state index contributed by atoms with van der Waals surface area (Å²) in [6.45, 7) is -0.112. The molecule has 1 atom stereocenters. The van der Waals surface area contributed by atoms with Crippen LogP contribution in [0.2, 0.25) is 5.02 Å². The number of fused-ring (bicyclic) bond motifs is 1. The summed E-state index contributed by atoms with van der Waals surface area (Å²) in [4.78, 5) is 29.5. The van der Waals surface area contributed by atoms with Gasteiger partial charge in [-0.15, -0.1) is 11.6 Å². The zero-order valence-electron chi connectivity index (χ0n) is 14.8. The topological polar surface area (TPSA) is 62.2 Å². The second-order valence-corrected chi connectivity index (χ2v) is 7.06. The Kier molecular flexibility index (Phi) is 5.77. The van der Waals surface area contributed by atoms with Crippen LogP contribution in [0.3, 0.4) is 0 Å². The molecule has 0 fully saturated rings. The lowest BCUT2D eigenvalue weighted by Crippen LogP contribution is -2.51. The normalized spacial score (nSPS) is 17.7. The number of anilines is 1. The van der Waals surface area contributed by atoms with E-state index in [2.05, 4.69) is 9.73 Å². The van der Waals surface area contributed by atoms with Gasteiger partial charge < -0.3 is 9.64 Å². The van der Waals surface area contributed by atoms with Gasteiger partial charge in [0.1, 0.15) is 16.9 Å². The quantitative estimate of drug-likeness (QED) is 0.398. The van der Waals surface area contributed by atoms with Gasteiger partial charge in [-0.2, -0.15) is 13.2 Å². The molecular formula is C17H13Cl2F4N3O3. The Morgan fingerprint density at radius 3 is 2.69 bits per heavy atom. The summed E-state index contributed by atoms with van der Waals surface area (Å²) >= 11 is 11.9. The van der Waals surface area contributed by atoms with Crippen LogP contribution in [-0.2, 0) is 20.7 Å². The van der Waals surface area contributed by atoms with E-state index in [4.69, 9.17) is 23.2 Å². The van der Waals surface area contributed by atoms with Gasteiger partial charge in [-0.25, -0.2) is 9.29 Å². The van der Waals surface area contributed by atoms with Crippen molar-refractivity contribution >= 4 is 46.7 Å². The minimum atomic E-state index is -4.77. The van der Waals surface area contributed by atoms with Gasteiger partial charge in [0.05, 0.1) is 19.3 Å². The molecule has 0 saturated heterocycles. The Bertz CT molecular complexity index is 933. The fourth-order valence-electron chi connectivity index (χ4n) is 2.99. The molecule has 0 radical (unpaired) electrons. The molecule has 2 aliphatic rings. The van der Waals surface area contributed by atoms with Crippen LogP contribution in [0.25, 0.3) is 0 Å². The van der Waals surface area contributed by atoms with E-state index in [1.807, 2.05) is 0 Å². The summed E-state index contributed by atoms with van der Waals surface area (Å²) in [6.07, 6.45) is -4.54. The first-order chi connectivity index (χ1) is 13.5. The van der Waals surface area contributed by atoms with Crippen molar-refractivity contribution in [1.29, 1.82) is 0 Å². The minimum absolute atomic E-state index is 0.000688. The van der Waals surface area contributed by atoms with Crippen LogP contribution in [0.5, 0.6) is 0 Å². The number of carbonyl (C=O) groups excluding carboxylic acids is 2. The highest BCUT2D eigenvalue weighted by molar-refractivity contribution is 6.33. The van der Waals surface area contributed by atoms with Crippen LogP contribution in [0, 0.1) is 5.82 Å². The Hall–Kier alpha value is -2.33. The Morgan fingerprint density at radius 1 is 1.38 bits per heavy atom. The molecule has 0 spiro atoms. The number of allylic oxidation sites excluding steroid dienone is 1. The number of esters is 1. The number of alkyl halides is 4. The largest absolute Gasteiger partial charge is 0.468 e. The zero-order valence-corrected chi connectivity index (χ0v) is 16.3. The maximum Gasteiger partial charge on any atom is 0.431 e. The first kappa shape index (κ1) is 21.4. The Balaban J connectivity index is 2.04. The molecule has 1 amide bonds. The first-order valence-electron chi connectivity index (χ1n) is 8.19. The summed E-state index contributed by atoms with van der Waals surface area (Å²) in [5.41, 5.74) is -1.32. The van der Waals surface area contributed by atoms with Crippen molar-refractivity contribution in [1.82, 2.24) is 4.90 Å². The number of halogens is 6. The molecular weight excluding hydrogens is 441 g/mol. The molecule has 0 saturated carbocycles. The molecule has 0 N–H and O–H groups in total. The van der Waals surface area contributed by atoms with Crippen molar-refractivity contribution in [3.63, 3.8) is 0 Å². The van der Waals surface area contributed by atoms with E-state index in [0.29, 0.717) is 6.08 Å². The molecule has 1 unspecified atom stereocenters. The summed E-state index contributed by atoms with van der Waals surface area (Å²) in [5.74, 6) is -3.15. The van der Waals surface area contributed by atoms with Gasteiger partial charge in [-0.05, 0) is 17.7 Å². The standard InChI is InChI=1S/C17H13Cl2F4N3O3/c1-29-15(28)10(19)4-8-5-12(11(20)6-9(8)18)26-14(27)7-13(17(21,22)23)25-3-2-24-16(25)26/h5-7,10H,2-4H2,1H3. The van der Waals surface area contributed by atoms with Gasteiger partial charge in [0.2, 0.25) is 5.96 Å². The molecule has 29 heavy (non-hydrogen) atoms. The van der Waals surface area contributed by atoms with Crippen LogP contribution in [-0.4, -0.2) is 54.5 Å². The maximum atomic E-state index is 14.6. The van der Waals surface area contributed by atoms with Gasteiger partial charge >= 0.3 is 12.1 Å². The number of rotatable bonds is 4. The number of hydrogen-bond donors (Lipinski definition) is 0. The van der Waals surface area contributed by atoms with E-state index < -0.39 is 34.9 Å². The third kappa shape index (κ3) is 4.04. The minimum Gasteiger partial charge on any atom is -0.468 e. The van der Waals surface area contributed by atoms with E-state index in [1.165, 1.54) is 0 Å². The number of benzene rings is 1. The fraction of sp³-hybridized carbons (Fsp3) is 0.353. The van der Waals surface area contributed by atoms with Crippen molar-refractivity contribution in [3.8, 4) is 0 Å². The van der Waals surface area contributed by atoms with Crippen molar-refractivity contribution in [3.05, 3.63) is 40.3 Å². The molecule has 2 heterocycles. The molecule has 6 nitrogen and oxygen atoms in total. The summed E-state index contributed by atoms with van der Waals surface area (Å²) < 4.78 is 58.9. The van der Waals surface area contributed by atoms with Crippen LogP contribution in [0.15, 0.2) is 28.9 Å². The van der Waals surface area contributed by atoms with Crippen LogP contribution >= 0.6 is 23.2 Å². The van der Waals surface area contributed by atoms with Crippen LogP contribution in [0.4, 0.5) is 23.2 Å². The van der Waals surface area contributed by atoms with E-state index >= 15 is 0 Å². The highest BCUT2D eigenvalue weighted by Crippen LogP contribution is 2.37. The third-order valence-corrected chi connectivity index (χ3v) is 4.98. The number of carbonyl (C=O) groups is 2. The monoisotopic (exact) mass is 453 g/mol. The number of nitrogens with zero attached hydrogens (tertiary/aromatic N) is 3. The SMILES string of the molecule is COC(=O)C(Cl)Cc1cc(N2C(=O)C=C(C(F)(F)F)N3CCN=C32)c(F)cc1Cl. The van der Waals surface area contributed by atoms with Gasteiger partial charge in [0.25, 0.3) is 5.91 Å². The number of guanidine groups is 1. The van der Waals surface area contributed by atoms with Crippen molar-refractivity contribution in [2.24, 2.45) is 4.99 Å². The maximum absolute atomic E-state index is 14.6. The number of hydrogen-bond acceptors (Lipinski definition) is 5. The smallest absolute Gasteiger partial charge is 0.431 e. The average Bonchev–Trinajstić information content (AvgIpc) is 3.11. The lowest BCUT2D eigenvalue weighted by Gasteiger charge is -2.35. The third-order valence-electron chi connectivity index (χ3n) is 4.29. The second kappa shape index (κ2) is 7.83. The van der Waals surface area contributed by atoms with E-state index in [1.54, 1.807) is 0 Å². The van der Waals surface area contributed by atoms with Gasteiger partial charge in [0, 0.05) is 24.1 Å². The molecule has 1 aromatic rings. The van der Waals surface area contributed by atoms with Crippen molar-refractivity contribution in [2.75, 3.05) is 25.1 Å². The predicted molar refractivity (Wildman–Crippen MR) is 97.4 cm³/mol. The lowest BCUT2D eigenvalue weighted by atomic mass is 10.1. The fourth-order valence-corrected chi connectivity index (χ4v) is 3.47. The van der Waals surface area contributed by atoms with E-state index in [0.717, 1.165) is 29.0 Å². The summed E-state index contributed by atoms with van der Waals surface area (Å²) in [6, 6.07) is 2.04. The number of ether oxygens (including phenoxy) is 1. The molecule has 1 aromatic carbocycles. The summed E-state index contributed by atoms with van der Waals surface area (Å²) in [7, 11) is 1.14. The zero-order chi connectivity index (χ0) is 21.5. The Morgan fingerprint density at radius 2 is 2.07 bits per heavy atom. The molecule has 0 bridgehead atoms. The van der Waals surface area contributed by atoms with Crippen LogP contribution in [0.1, 0.15) is 5.56 Å². The first-order valence-corrected chi connectivity index (χ1v) is 9.00. The molecule has 0 aliphatic carbocycles. The predicted octanol–water partition coefficient (Wildman–Crippen LogP) is 3.27. The molecule has 3 rings (SSSR count). The number of aliphatic imine (C=N–C) groups is 1. The highest BCUT2D eigenvalue weighted by atomic mass is 35.5. The van der Waals surface area contributed by atoms with E-state index in [-0.39, 0.29) is 41.7 Å². The summed E-state index contributed by atoms with van der Waals surface area (Å²) in [5, 5.41) is -1.20. The van der Waals surface area contributed by atoms with Crippen LogP contribution < -0.4 is 4.90 Å². The average molecular weight is 454 g/mol. The number of amides is 1. The number of methoxy groups -OCH3 is 1. The molecule has 12 heteroatoms. The van der Waals surface area contributed by atoms with Gasteiger partial charge in [-0.3, -0.25) is 14.6 Å². The van der Waals surface area contributed by atoms with Crippen molar-refractivity contribution in [2.45, 2.75) is 18.0 Å². The lowest BCUT2D eigenvalue weighted by molar-refractivity contribution is -0.140. The Labute approximate surface area is 172 Å². The molecule has 156 valence electrons. The molecule has 2 aliphatic heterocycles. The van der Waals surface area contributed by atoms with Crippen molar-refractivity contribution < 1.29 is 31.9 Å². The van der Waals surface area contributed by atoms with E-state index in [9.17, 15) is 27.2 Å². The second-order valence-electron chi connectivity index (χ2n) is 6.12. The van der Waals surface area contributed by atoms with Gasteiger partial charge in [-0.1, -0.05) is 11.6 Å². The molecule has 0 aromatic heterocycles.